The second-order valence-corrected chi connectivity index (χ2v) is 7.63. The lowest BCUT2D eigenvalue weighted by atomic mass is 10.0. The predicted octanol–water partition coefficient (Wildman–Crippen LogP) is 5.07. The van der Waals surface area contributed by atoms with E-state index in [1.165, 1.54) is 35.1 Å². The van der Waals surface area contributed by atoms with E-state index in [9.17, 15) is 27.9 Å². The van der Waals surface area contributed by atoms with Crippen molar-refractivity contribution in [1.82, 2.24) is 20.3 Å². The van der Waals surface area contributed by atoms with Gasteiger partial charge in [0.15, 0.2) is 0 Å². The van der Waals surface area contributed by atoms with Crippen molar-refractivity contribution in [2.45, 2.75) is 13.1 Å². The van der Waals surface area contributed by atoms with Crippen LogP contribution in [0.15, 0.2) is 72.9 Å². The highest BCUT2D eigenvalue weighted by Crippen LogP contribution is 2.31. The smallest absolute Gasteiger partial charge is 0.416 e. The molecule has 2 N–H and O–H groups in total. The Morgan fingerprint density at radius 2 is 1.57 bits per heavy atom. The van der Waals surface area contributed by atoms with Gasteiger partial charge in [-0.1, -0.05) is 29.5 Å². The summed E-state index contributed by atoms with van der Waals surface area (Å²) in [6.07, 6.45) is -2.94. The van der Waals surface area contributed by atoms with Gasteiger partial charge in [-0.15, -0.1) is 5.10 Å². The number of nitrogens with one attached hydrogen (secondary N) is 1. The van der Waals surface area contributed by atoms with Crippen LogP contribution in [0.1, 0.15) is 33.2 Å². The van der Waals surface area contributed by atoms with Gasteiger partial charge in [0.2, 0.25) is 0 Å². The number of carbonyl (C=O) groups is 2. The summed E-state index contributed by atoms with van der Waals surface area (Å²) in [5.74, 6) is -1.35. The molecule has 0 unspecified atom stereocenters. The van der Waals surface area contributed by atoms with Gasteiger partial charge in [-0.25, -0.2) is 9.48 Å². The van der Waals surface area contributed by atoms with E-state index in [0.29, 0.717) is 40.2 Å². The van der Waals surface area contributed by atoms with E-state index < -0.39 is 17.7 Å². The number of hydrogen-bond acceptors (Lipinski definition) is 4. The van der Waals surface area contributed by atoms with Crippen LogP contribution in [0.2, 0.25) is 0 Å². The van der Waals surface area contributed by atoms with Crippen molar-refractivity contribution in [1.29, 1.82) is 0 Å². The maximum absolute atomic E-state index is 12.8. The lowest BCUT2D eigenvalue weighted by Crippen LogP contribution is -2.22. The Labute approximate surface area is 197 Å². The first-order valence-corrected chi connectivity index (χ1v) is 10.5. The van der Waals surface area contributed by atoms with Crippen LogP contribution in [0.5, 0.6) is 0 Å². The second kappa shape index (κ2) is 9.41. The van der Waals surface area contributed by atoms with Crippen LogP contribution < -0.4 is 5.32 Å². The third-order valence-corrected chi connectivity index (χ3v) is 5.25. The molecule has 3 aromatic carbocycles. The summed E-state index contributed by atoms with van der Waals surface area (Å²) in [7, 11) is 0. The molecule has 10 heteroatoms. The number of carboxylic acids is 1. The standard InChI is InChI=1S/C25H19F3N4O3/c1-2-29-23(33)17-5-3-15(4-6-17)18-11-19(24(34)35)13-21(12-18)32-14-22(30-31-32)16-7-9-20(10-8-16)25(26,27)28/h3-14H,2H2,1H3,(H,29,33)(H,34,35). The van der Waals surface area contributed by atoms with E-state index in [1.807, 2.05) is 6.92 Å². The first kappa shape index (κ1) is 23.7. The zero-order valence-electron chi connectivity index (χ0n) is 18.4. The number of halogens is 3. The number of alkyl halides is 3. The van der Waals surface area contributed by atoms with Crippen LogP contribution in [0, 0.1) is 0 Å². The quantitative estimate of drug-likeness (QED) is 0.402. The SMILES string of the molecule is CCNC(=O)c1ccc(-c2cc(C(=O)O)cc(-n3cc(-c4ccc(C(F)(F)F)cc4)nn3)c2)cc1. The lowest BCUT2D eigenvalue weighted by molar-refractivity contribution is -0.137. The molecule has 35 heavy (non-hydrogen) atoms. The van der Waals surface area contributed by atoms with Crippen molar-refractivity contribution in [3.63, 3.8) is 0 Å². The van der Waals surface area contributed by atoms with E-state index in [2.05, 4.69) is 15.6 Å². The molecule has 1 heterocycles. The molecular formula is C25H19F3N4O3. The number of nitrogens with zero attached hydrogens (tertiary/aromatic N) is 3. The van der Waals surface area contributed by atoms with Crippen LogP contribution in [-0.4, -0.2) is 38.5 Å². The number of carboxylic acid groups (broad SMARTS) is 1. The Morgan fingerprint density at radius 3 is 2.17 bits per heavy atom. The van der Waals surface area contributed by atoms with Crippen LogP contribution in [0.3, 0.4) is 0 Å². The Morgan fingerprint density at radius 1 is 0.914 bits per heavy atom. The average Bonchev–Trinajstić information content (AvgIpc) is 3.34. The molecule has 0 spiro atoms. The molecule has 0 radical (unpaired) electrons. The highest BCUT2D eigenvalue weighted by Gasteiger charge is 2.30. The third-order valence-electron chi connectivity index (χ3n) is 5.25. The monoisotopic (exact) mass is 480 g/mol. The normalized spacial score (nSPS) is 11.3. The van der Waals surface area contributed by atoms with Gasteiger partial charge in [0.05, 0.1) is 23.0 Å². The summed E-state index contributed by atoms with van der Waals surface area (Å²) in [5, 5.41) is 20.3. The molecule has 0 bridgehead atoms. The number of aromatic carboxylic acids is 1. The summed E-state index contributed by atoms with van der Waals surface area (Å²) < 4.78 is 39.8. The first-order chi connectivity index (χ1) is 16.7. The minimum absolute atomic E-state index is 0.0110. The number of amides is 1. The summed E-state index contributed by atoms with van der Waals surface area (Å²) in [4.78, 5) is 23.7. The van der Waals surface area contributed by atoms with Crippen molar-refractivity contribution in [2.24, 2.45) is 0 Å². The Balaban J connectivity index is 1.68. The molecule has 0 aliphatic carbocycles. The third kappa shape index (κ3) is 5.21. The molecule has 0 aliphatic rings. The zero-order valence-corrected chi connectivity index (χ0v) is 18.4. The van der Waals surface area contributed by atoms with Crippen molar-refractivity contribution in [3.8, 4) is 28.1 Å². The van der Waals surface area contributed by atoms with Crippen LogP contribution in [0.4, 0.5) is 13.2 Å². The molecule has 7 nitrogen and oxygen atoms in total. The summed E-state index contributed by atoms with van der Waals surface area (Å²) in [6, 6.07) is 15.9. The summed E-state index contributed by atoms with van der Waals surface area (Å²) >= 11 is 0. The molecule has 0 atom stereocenters. The topological polar surface area (TPSA) is 97.1 Å². The minimum atomic E-state index is -4.44. The molecule has 0 saturated heterocycles. The highest BCUT2D eigenvalue weighted by molar-refractivity contribution is 5.95. The Hall–Kier alpha value is -4.47. The van der Waals surface area contributed by atoms with Gasteiger partial charge in [0.1, 0.15) is 5.69 Å². The molecule has 4 rings (SSSR count). The van der Waals surface area contributed by atoms with E-state index in [1.54, 1.807) is 30.3 Å². The maximum Gasteiger partial charge on any atom is 0.416 e. The largest absolute Gasteiger partial charge is 0.478 e. The average molecular weight is 480 g/mol. The molecular weight excluding hydrogens is 461 g/mol. The molecule has 0 saturated carbocycles. The van der Waals surface area contributed by atoms with Crippen molar-refractivity contribution >= 4 is 11.9 Å². The van der Waals surface area contributed by atoms with Gasteiger partial charge in [-0.2, -0.15) is 13.2 Å². The fraction of sp³-hybridized carbons (Fsp3) is 0.120. The number of benzene rings is 3. The predicted molar refractivity (Wildman–Crippen MR) is 122 cm³/mol. The van der Waals surface area contributed by atoms with E-state index >= 15 is 0 Å². The van der Waals surface area contributed by atoms with Crippen LogP contribution in [-0.2, 0) is 6.18 Å². The molecule has 0 fully saturated rings. The van der Waals surface area contributed by atoms with E-state index in [4.69, 9.17) is 0 Å². The van der Waals surface area contributed by atoms with Crippen LogP contribution >= 0.6 is 0 Å². The van der Waals surface area contributed by atoms with Gasteiger partial charge in [-0.3, -0.25) is 4.79 Å². The first-order valence-electron chi connectivity index (χ1n) is 10.5. The lowest BCUT2D eigenvalue weighted by Gasteiger charge is -2.09. The number of aromatic nitrogens is 3. The van der Waals surface area contributed by atoms with Gasteiger partial charge >= 0.3 is 12.1 Å². The molecule has 178 valence electrons. The summed E-state index contributed by atoms with van der Waals surface area (Å²) in [5.41, 5.74) is 2.13. The Kier molecular flexibility index (Phi) is 6.37. The van der Waals surface area contributed by atoms with E-state index in [0.717, 1.165) is 12.1 Å². The summed E-state index contributed by atoms with van der Waals surface area (Å²) in [6.45, 7) is 2.31. The van der Waals surface area contributed by atoms with Crippen molar-refractivity contribution < 1.29 is 27.9 Å². The molecule has 1 amide bonds. The fourth-order valence-corrected chi connectivity index (χ4v) is 3.46. The molecule has 4 aromatic rings. The molecule has 0 aliphatic heterocycles. The van der Waals surface area contributed by atoms with Gasteiger partial charge < -0.3 is 10.4 Å². The van der Waals surface area contributed by atoms with Crippen LogP contribution in [0.25, 0.3) is 28.1 Å². The van der Waals surface area contributed by atoms with Gasteiger partial charge in [0, 0.05) is 17.7 Å². The number of rotatable bonds is 6. The van der Waals surface area contributed by atoms with Gasteiger partial charge in [0.25, 0.3) is 5.91 Å². The van der Waals surface area contributed by atoms with Crippen molar-refractivity contribution in [3.05, 3.63) is 89.6 Å². The molecule has 1 aromatic heterocycles. The van der Waals surface area contributed by atoms with Gasteiger partial charge in [-0.05, 0) is 60.5 Å². The second-order valence-electron chi connectivity index (χ2n) is 7.63. The number of hydrogen-bond donors (Lipinski definition) is 2. The zero-order chi connectivity index (χ0) is 25.2. The fourth-order valence-electron chi connectivity index (χ4n) is 3.46. The van der Waals surface area contributed by atoms with Crippen molar-refractivity contribution in [2.75, 3.05) is 6.54 Å². The van der Waals surface area contributed by atoms with E-state index in [-0.39, 0.29) is 11.5 Å². The number of carbonyl (C=O) groups excluding carboxylic acids is 1. The minimum Gasteiger partial charge on any atom is -0.478 e. The Bertz CT molecular complexity index is 1380. The maximum atomic E-state index is 12.8. The highest BCUT2D eigenvalue weighted by atomic mass is 19.4.